The fourth-order valence-corrected chi connectivity index (χ4v) is 4.00. The van der Waals surface area contributed by atoms with Gasteiger partial charge in [0.1, 0.15) is 28.2 Å². The first-order valence-electron chi connectivity index (χ1n) is 9.83. The highest BCUT2D eigenvalue weighted by Gasteiger charge is 2.14. The van der Waals surface area contributed by atoms with Gasteiger partial charge in [0.2, 0.25) is 5.88 Å². The highest BCUT2D eigenvalue weighted by atomic mass is 32.1. The fourth-order valence-electron chi connectivity index (χ4n) is 3.23. The molecule has 162 valence electrons. The van der Waals surface area contributed by atoms with Gasteiger partial charge in [-0.1, -0.05) is 0 Å². The number of hydrogen-bond donors (Lipinski definition) is 1. The quantitative estimate of drug-likeness (QED) is 0.399. The number of thiophene rings is 1. The molecule has 1 N–H and O–H groups in total. The van der Waals surface area contributed by atoms with Crippen molar-refractivity contribution >= 4 is 33.1 Å². The van der Waals surface area contributed by atoms with Gasteiger partial charge in [-0.05, 0) is 72.1 Å². The first-order chi connectivity index (χ1) is 16.1. The second-order valence-electron chi connectivity index (χ2n) is 6.97. The number of ether oxygens (including phenoxy) is 1. The molecule has 7 nitrogen and oxygen atoms in total. The summed E-state index contributed by atoms with van der Waals surface area (Å²) in [4.78, 5) is 33.9. The molecule has 0 fully saturated rings. The Hall–Kier alpha value is -4.37. The molecular weight excluding hydrogens is 443 g/mol. The number of hydrogen-bond acceptors (Lipinski definition) is 6. The molecule has 0 aliphatic heterocycles. The van der Waals surface area contributed by atoms with Gasteiger partial charge in [-0.3, -0.25) is 14.2 Å². The number of nitrogens with one attached hydrogen (secondary N) is 1. The van der Waals surface area contributed by atoms with E-state index in [2.05, 4.69) is 15.3 Å². The Morgan fingerprint density at radius 3 is 2.58 bits per heavy atom. The summed E-state index contributed by atoms with van der Waals surface area (Å²) in [5.74, 6) is 0.0334. The van der Waals surface area contributed by atoms with Crippen LogP contribution in [0.3, 0.4) is 0 Å². The molecule has 5 rings (SSSR count). The van der Waals surface area contributed by atoms with Crippen molar-refractivity contribution in [1.29, 1.82) is 0 Å². The average Bonchev–Trinajstić information content (AvgIpc) is 3.31. The molecule has 0 spiro atoms. The van der Waals surface area contributed by atoms with Crippen LogP contribution in [0.25, 0.3) is 15.9 Å². The summed E-state index contributed by atoms with van der Waals surface area (Å²) in [6.07, 6.45) is 2.97. The number of aromatic nitrogens is 3. The minimum absolute atomic E-state index is 0.0387. The molecule has 3 aromatic heterocycles. The van der Waals surface area contributed by atoms with E-state index in [-0.39, 0.29) is 5.56 Å². The van der Waals surface area contributed by atoms with Crippen molar-refractivity contribution in [2.75, 3.05) is 5.32 Å². The molecule has 0 aliphatic carbocycles. The zero-order chi connectivity index (χ0) is 22.8. The summed E-state index contributed by atoms with van der Waals surface area (Å²) < 4.78 is 21.2. The van der Waals surface area contributed by atoms with Crippen molar-refractivity contribution < 1.29 is 13.9 Å². The number of pyridine rings is 1. The molecule has 0 saturated carbocycles. The number of anilines is 1. The molecule has 1 amide bonds. The molecule has 0 unspecified atom stereocenters. The van der Waals surface area contributed by atoms with E-state index in [4.69, 9.17) is 4.74 Å². The van der Waals surface area contributed by atoms with Crippen molar-refractivity contribution in [3.05, 3.63) is 106 Å². The van der Waals surface area contributed by atoms with Crippen LogP contribution in [0.5, 0.6) is 11.6 Å². The average molecular weight is 458 g/mol. The number of nitrogens with zero attached hydrogens (tertiary/aromatic N) is 3. The second kappa shape index (κ2) is 8.64. The lowest BCUT2D eigenvalue weighted by Gasteiger charge is -2.10. The van der Waals surface area contributed by atoms with Gasteiger partial charge in [0, 0.05) is 17.6 Å². The van der Waals surface area contributed by atoms with Crippen LogP contribution in [0.15, 0.2) is 89.4 Å². The van der Waals surface area contributed by atoms with E-state index in [1.807, 2.05) is 11.4 Å². The van der Waals surface area contributed by atoms with Crippen LogP contribution in [-0.4, -0.2) is 20.4 Å². The SMILES string of the molecule is O=C(Nc1ccc(Oc2ncnc3ccsc23)cc1)c1cccn(-c2ccc(F)cc2)c1=O. The lowest BCUT2D eigenvalue weighted by molar-refractivity contribution is 0.102. The topological polar surface area (TPSA) is 86.1 Å². The van der Waals surface area contributed by atoms with Crippen LogP contribution < -0.4 is 15.6 Å². The third-order valence-corrected chi connectivity index (χ3v) is 5.73. The summed E-state index contributed by atoms with van der Waals surface area (Å²) in [6, 6.07) is 17.1. The van der Waals surface area contributed by atoms with E-state index in [1.54, 1.807) is 30.3 Å². The number of fused-ring (bicyclic) bond motifs is 1. The Morgan fingerprint density at radius 2 is 1.79 bits per heavy atom. The van der Waals surface area contributed by atoms with Gasteiger partial charge in [0.05, 0.1) is 5.52 Å². The highest BCUT2D eigenvalue weighted by Crippen LogP contribution is 2.30. The maximum atomic E-state index is 13.2. The third-order valence-electron chi connectivity index (χ3n) is 4.83. The summed E-state index contributed by atoms with van der Waals surface area (Å²) in [5, 5.41) is 4.63. The van der Waals surface area contributed by atoms with E-state index in [0.29, 0.717) is 23.0 Å². The van der Waals surface area contributed by atoms with Crippen molar-refractivity contribution in [3.63, 3.8) is 0 Å². The zero-order valence-corrected chi connectivity index (χ0v) is 17.8. The Balaban J connectivity index is 1.33. The van der Waals surface area contributed by atoms with Crippen LogP contribution in [0.1, 0.15) is 10.4 Å². The van der Waals surface area contributed by atoms with Gasteiger partial charge >= 0.3 is 0 Å². The molecule has 0 atom stereocenters. The number of benzene rings is 2. The highest BCUT2D eigenvalue weighted by molar-refractivity contribution is 7.17. The van der Waals surface area contributed by atoms with Gasteiger partial charge < -0.3 is 10.1 Å². The Kier molecular flexibility index (Phi) is 5.37. The van der Waals surface area contributed by atoms with E-state index in [9.17, 15) is 14.0 Å². The number of carbonyl (C=O) groups excluding carboxylic acids is 1. The maximum Gasteiger partial charge on any atom is 0.267 e. The minimum Gasteiger partial charge on any atom is -0.437 e. The monoisotopic (exact) mass is 458 g/mol. The molecule has 3 heterocycles. The van der Waals surface area contributed by atoms with Crippen LogP contribution in [-0.2, 0) is 0 Å². The zero-order valence-electron chi connectivity index (χ0n) is 16.9. The maximum absolute atomic E-state index is 13.2. The van der Waals surface area contributed by atoms with Crippen molar-refractivity contribution in [3.8, 4) is 17.3 Å². The van der Waals surface area contributed by atoms with E-state index >= 15 is 0 Å². The molecule has 33 heavy (non-hydrogen) atoms. The predicted molar refractivity (Wildman–Crippen MR) is 124 cm³/mol. The van der Waals surface area contributed by atoms with Gasteiger partial charge in [0.15, 0.2) is 0 Å². The minimum atomic E-state index is -0.554. The third kappa shape index (κ3) is 4.21. The molecule has 0 saturated heterocycles. The summed E-state index contributed by atoms with van der Waals surface area (Å²) in [5.41, 5.74) is 1.21. The summed E-state index contributed by atoms with van der Waals surface area (Å²) >= 11 is 1.49. The first kappa shape index (κ1) is 20.5. The number of halogens is 1. The molecule has 0 aliphatic rings. The Morgan fingerprint density at radius 1 is 1.00 bits per heavy atom. The summed E-state index contributed by atoms with van der Waals surface area (Å²) in [7, 11) is 0. The number of amides is 1. The molecule has 9 heteroatoms. The lowest BCUT2D eigenvalue weighted by Crippen LogP contribution is -2.27. The summed E-state index contributed by atoms with van der Waals surface area (Å²) in [6.45, 7) is 0. The molecular formula is C24H15FN4O3S. The Bertz CT molecular complexity index is 1510. The smallest absolute Gasteiger partial charge is 0.267 e. The van der Waals surface area contributed by atoms with Gasteiger partial charge in [-0.15, -0.1) is 11.3 Å². The lowest BCUT2D eigenvalue weighted by atomic mass is 10.2. The van der Waals surface area contributed by atoms with Crippen molar-refractivity contribution in [2.45, 2.75) is 0 Å². The van der Waals surface area contributed by atoms with Crippen LogP contribution >= 0.6 is 11.3 Å². The van der Waals surface area contributed by atoms with Gasteiger partial charge in [0.25, 0.3) is 11.5 Å². The van der Waals surface area contributed by atoms with Gasteiger partial charge in [-0.2, -0.15) is 0 Å². The van der Waals surface area contributed by atoms with Crippen LogP contribution in [0, 0.1) is 5.82 Å². The largest absolute Gasteiger partial charge is 0.437 e. The molecule has 0 bridgehead atoms. The first-order valence-corrected chi connectivity index (χ1v) is 10.7. The van der Waals surface area contributed by atoms with Crippen molar-refractivity contribution in [2.24, 2.45) is 0 Å². The molecule has 2 aromatic carbocycles. The normalized spacial score (nSPS) is 10.8. The van der Waals surface area contributed by atoms with E-state index in [1.165, 1.54) is 58.8 Å². The van der Waals surface area contributed by atoms with Crippen molar-refractivity contribution in [1.82, 2.24) is 14.5 Å². The molecule has 5 aromatic rings. The van der Waals surface area contributed by atoms with Crippen LogP contribution in [0.2, 0.25) is 0 Å². The molecule has 0 radical (unpaired) electrons. The second-order valence-corrected chi connectivity index (χ2v) is 7.88. The predicted octanol–water partition coefficient (Wildman–Crippen LogP) is 5.03. The number of carbonyl (C=O) groups is 1. The van der Waals surface area contributed by atoms with Gasteiger partial charge in [-0.25, -0.2) is 14.4 Å². The Labute approximate surface area is 190 Å². The number of rotatable bonds is 5. The van der Waals surface area contributed by atoms with Crippen LogP contribution in [0.4, 0.5) is 10.1 Å². The fraction of sp³-hybridized carbons (Fsp3) is 0. The standard InChI is InChI=1S/C24H15FN4O3S/c25-15-3-7-17(8-4-15)29-12-1-2-19(24(29)31)22(30)28-16-5-9-18(10-6-16)32-23-21-20(11-13-33-21)26-14-27-23/h1-14H,(H,28,30). The van der Waals surface area contributed by atoms with E-state index in [0.717, 1.165) is 10.2 Å². The van der Waals surface area contributed by atoms with E-state index < -0.39 is 17.3 Å².